The van der Waals surface area contributed by atoms with E-state index in [-0.39, 0.29) is 5.78 Å². The van der Waals surface area contributed by atoms with Crippen molar-refractivity contribution in [2.24, 2.45) is 0 Å². The monoisotopic (exact) mass is 228 g/mol. The van der Waals surface area contributed by atoms with E-state index < -0.39 is 11.6 Å². The molecule has 1 aromatic carbocycles. The third-order valence-corrected chi connectivity index (χ3v) is 2.08. The van der Waals surface area contributed by atoms with Gasteiger partial charge in [0.05, 0.1) is 6.61 Å². The van der Waals surface area contributed by atoms with Crippen molar-refractivity contribution in [3.63, 3.8) is 0 Å². The average Bonchev–Trinajstić information content (AvgIpc) is 2.22. The molecule has 0 unspecified atom stereocenters. The molecule has 0 aliphatic rings. The van der Waals surface area contributed by atoms with Crippen LogP contribution in [0, 0.1) is 11.6 Å². The Kier molecular flexibility index (Phi) is 4.89. The number of Topliss-reactive ketones (excluding diaryl/α,β-unsaturated/α-hetero) is 1. The molecule has 0 saturated heterocycles. The number of carbonyl (C=O) groups excluding carboxylic acids is 1. The van der Waals surface area contributed by atoms with Crippen molar-refractivity contribution in [2.75, 3.05) is 6.61 Å². The normalized spacial score (nSPS) is 10.2. The smallest absolute Gasteiger partial charge is 0.162 e. The van der Waals surface area contributed by atoms with E-state index >= 15 is 0 Å². The maximum Gasteiger partial charge on any atom is 0.162 e. The molecule has 0 fully saturated rings. The van der Waals surface area contributed by atoms with Gasteiger partial charge in [-0.25, -0.2) is 8.78 Å². The molecule has 0 N–H and O–H groups in total. The largest absolute Gasteiger partial charge is 0.493 e. The zero-order chi connectivity index (χ0) is 12.0. The second-order valence-corrected chi connectivity index (χ2v) is 3.58. The fraction of sp³-hybridized carbons (Fsp3) is 0.417. The number of rotatable bonds is 6. The minimum absolute atomic E-state index is 0.146. The molecular formula is C12H14F2O2. The van der Waals surface area contributed by atoms with Crippen LogP contribution in [0.15, 0.2) is 18.2 Å². The van der Waals surface area contributed by atoms with Crippen LogP contribution in [0.4, 0.5) is 8.78 Å². The van der Waals surface area contributed by atoms with E-state index in [0.717, 1.165) is 25.0 Å². The average molecular weight is 228 g/mol. The Bertz CT molecular complexity index is 364. The molecular weight excluding hydrogens is 214 g/mol. The van der Waals surface area contributed by atoms with Crippen molar-refractivity contribution in [3.8, 4) is 5.75 Å². The fourth-order valence-electron chi connectivity index (χ4n) is 1.23. The van der Waals surface area contributed by atoms with Gasteiger partial charge in [0, 0.05) is 12.5 Å². The summed E-state index contributed by atoms with van der Waals surface area (Å²) in [6.07, 6.45) is 2.00. The molecule has 0 saturated carbocycles. The summed E-state index contributed by atoms with van der Waals surface area (Å²) in [4.78, 5) is 10.6. The SMILES string of the molecule is CC(=O)CCCCOc1ccc(F)c(F)c1. The minimum atomic E-state index is -0.916. The summed E-state index contributed by atoms with van der Waals surface area (Å²) in [5.41, 5.74) is 0. The summed E-state index contributed by atoms with van der Waals surface area (Å²) >= 11 is 0. The second kappa shape index (κ2) is 6.20. The topological polar surface area (TPSA) is 26.3 Å². The first-order chi connectivity index (χ1) is 7.59. The summed E-state index contributed by atoms with van der Waals surface area (Å²) in [5.74, 6) is -1.35. The summed E-state index contributed by atoms with van der Waals surface area (Å²) in [7, 11) is 0. The quantitative estimate of drug-likeness (QED) is 0.699. The Morgan fingerprint density at radius 3 is 2.62 bits per heavy atom. The van der Waals surface area contributed by atoms with Crippen LogP contribution in [0.1, 0.15) is 26.2 Å². The van der Waals surface area contributed by atoms with Gasteiger partial charge >= 0.3 is 0 Å². The molecule has 1 rings (SSSR count). The lowest BCUT2D eigenvalue weighted by Gasteiger charge is -2.05. The van der Waals surface area contributed by atoms with Crippen LogP contribution in [0.25, 0.3) is 0 Å². The van der Waals surface area contributed by atoms with Crippen LogP contribution in [-0.4, -0.2) is 12.4 Å². The van der Waals surface area contributed by atoms with Crippen LogP contribution in [0.2, 0.25) is 0 Å². The third-order valence-electron chi connectivity index (χ3n) is 2.08. The van der Waals surface area contributed by atoms with Crippen molar-refractivity contribution in [2.45, 2.75) is 26.2 Å². The zero-order valence-electron chi connectivity index (χ0n) is 9.13. The van der Waals surface area contributed by atoms with Gasteiger partial charge in [-0.05, 0) is 31.9 Å². The van der Waals surface area contributed by atoms with Crippen LogP contribution in [-0.2, 0) is 4.79 Å². The number of unbranched alkanes of at least 4 members (excludes halogenated alkanes) is 1. The zero-order valence-corrected chi connectivity index (χ0v) is 9.13. The van der Waals surface area contributed by atoms with Gasteiger partial charge in [0.15, 0.2) is 11.6 Å². The molecule has 0 aliphatic heterocycles. The molecule has 0 heterocycles. The Balaban J connectivity index is 2.27. The molecule has 88 valence electrons. The van der Waals surface area contributed by atoms with Gasteiger partial charge in [0.1, 0.15) is 11.5 Å². The highest BCUT2D eigenvalue weighted by atomic mass is 19.2. The van der Waals surface area contributed by atoms with Crippen molar-refractivity contribution < 1.29 is 18.3 Å². The predicted octanol–water partition coefficient (Wildman–Crippen LogP) is 3.10. The number of halogens is 2. The molecule has 0 spiro atoms. The molecule has 0 aliphatic carbocycles. The molecule has 2 nitrogen and oxygen atoms in total. The Morgan fingerprint density at radius 2 is 2.00 bits per heavy atom. The van der Waals surface area contributed by atoms with Gasteiger partial charge in [-0.3, -0.25) is 0 Å². The summed E-state index contributed by atoms with van der Waals surface area (Å²) < 4.78 is 30.5. The molecule has 0 radical (unpaired) electrons. The van der Waals surface area contributed by atoms with Gasteiger partial charge < -0.3 is 9.53 Å². The number of ether oxygens (including phenoxy) is 1. The van der Waals surface area contributed by atoms with E-state index in [1.165, 1.54) is 13.0 Å². The number of carbonyl (C=O) groups is 1. The summed E-state index contributed by atoms with van der Waals surface area (Å²) in [5, 5.41) is 0. The second-order valence-electron chi connectivity index (χ2n) is 3.58. The van der Waals surface area contributed by atoms with Gasteiger partial charge in [-0.15, -0.1) is 0 Å². The summed E-state index contributed by atoms with van der Waals surface area (Å²) in [6.45, 7) is 1.94. The standard InChI is InChI=1S/C12H14F2O2/c1-9(15)4-2-3-7-16-10-5-6-11(13)12(14)8-10/h5-6,8H,2-4,7H2,1H3. The van der Waals surface area contributed by atoms with E-state index in [0.29, 0.717) is 18.8 Å². The van der Waals surface area contributed by atoms with E-state index in [2.05, 4.69) is 0 Å². The Labute approximate surface area is 93.2 Å². The van der Waals surface area contributed by atoms with Crippen LogP contribution in [0.3, 0.4) is 0 Å². The van der Waals surface area contributed by atoms with Crippen molar-refractivity contribution in [1.82, 2.24) is 0 Å². The predicted molar refractivity (Wildman–Crippen MR) is 56.4 cm³/mol. The van der Waals surface area contributed by atoms with Crippen molar-refractivity contribution >= 4 is 5.78 Å². The lowest BCUT2D eigenvalue weighted by atomic mass is 10.2. The maximum absolute atomic E-state index is 12.8. The van der Waals surface area contributed by atoms with Gasteiger partial charge in [0.2, 0.25) is 0 Å². The molecule has 1 aromatic rings. The molecule has 0 amide bonds. The molecule has 0 bridgehead atoms. The highest BCUT2D eigenvalue weighted by Crippen LogP contribution is 2.15. The van der Waals surface area contributed by atoms with Gasteiger partial charge in [-0.1, -0.05) is 0 Å². The Morgan fingerprint density at radius 1 is 1.25 bits per heavy atom. The fourth-order valence-corrected chi connectivity index (χ4v) is 1.23. The lowest BCUT2D eigenvalue weighted by molar-refractivity contribution is -0.117. The van der Waals surface area contributed by atoms with Crippen molar-refractivity contribution in [3.05, 3.63) is 29.8 Å². The van der Waals surface area contributed by atoms with Gasteiger partial charge in [-0.2, -0.15) is 0 Å². The molecule has 4 heteroatoms. The highest BCUT2D eigenvalue weighted by Gasteiger charge is 2.02. The number of hydrogen-bond donors (Lipinski definition) is 0. The number of hydrogen-bond acceptors (Lipinski definition) is 2. The maximum atomic E-state index is 12.8. The first kappa shape index (κ1) is 12.6. The summed E-state index contributed by atoms with van der Waals surface area (Å²) in [6, 6.07) is 3.42. The van der Waals surface area contributed by atoms with Crippen LogP contribution < -0.4 is 4.74 Å². The van der Waals surface area contributed by atoms with Crippen LogP contribution >= 0.6 is 0 Å². The molecule has 0 atom stereocenters. The first-order valence-electron chi connectivity index (χ1n) is 5.17. The minimum Gasteiger partial charge on any atom is -0.493 e. The number of ketones is 1. The van der Waals surface area contributed by atoms with Crippen LogP contribution in [0.5, 0.6) is 5.75 Å². The lowest BCUT2D eigenvalue weighted by Crippen LogP contribution is -1.99. The van der Waals surface area contributed by atoms with Gasteiger partial charge in [0.25, 0.3) is 0 Å². The van der Waals surface area contributed by atoms with E-state index in [1.807, 2.05) is 0 Å². The van der Waals surface area contributed by atoms with E-state index in [9.17, 15) is 13.6 Å². The first-order valence-corrected chi connectivity index (χ1v) is 5.17. The third kappa shape index (κ3) is 4.38. The molecule has 0 aromatic heterocycles. The Hall–Kier alpha value is -1.45. The van der Waals surface area contributed by atoms with E-state index in [4.69, 9.17) is 4.74 Å². The van der Waals surface area contributed by atoms with Crippen molar-refractivity contribution in [1.29, 1.82) is 0 Å². The number of benzene rings is 1. The van der Waals surface area contributed by atoms with E-state index in [1.54, 1.807) is 0 Å². The highest BCUT2D eigenvalue weighted by molar-refractivity contribution is 5.75. The molecule has 16 heavy (non-hydrogen) atoms.